The molecule has 0 unspecified atom stereocenters. The normalized spacial score (nSPS) is 11.3. The molecule has 4 aromatic rings. The van der Waals surface area contributed by atoms with Gasteiger partial charge in [-0.2, -0.15) is 10.2 Å². The van der Waals surface area contributed by atoms with Crippen molar-refractivity contribution in [3.8, 4) is 17.0 Å². The lowest BCUT2D eigenvalue weighted by Gasteiger charge is -2.03. The molecule has 0 amide bonds. The van der Waals surface area contributed by atoms with Crippen molar-refractivity contribution in [3.63, 3.8) is 0 Å². The number of nitrogens with zero attached hydrogens (tertiary/aromatic N) is 2. The lowest BCUT2D eigenvalue weighted by molar-refractivity contribution is 0.477. The van der Waals surface area contributed by atoms with Gasteiger partial charge in [-0.25, -0.2) is 0 Å². The second-order valence-corrected chi connectivity index (χ2v) is 5.51. The fourth-order valence-electron chi connectivity index (χ4n) is 2.63. The summed E-state index contributed by atoms with van der Waals surface area (Å²) in [5, 5.41) is 19.8. The maximum atomic E-state index is 10.2. The standard InChI is InChI=1S/C20H15N3O/c24-20-11-10-16(23-22-15-7-2-1-3-8-15)13-17(20)19-12-14-6-4-5-9-18(14)21-19/h1-13,21,24H. The Morgan fingerprint density at radius 3 is 2.29 bits per heavy atom. The zero-order chi connectivity index (χ0) is 16.4. The van der Waals surface area contributed by atoms with Gasteiger partial charge in [-0.05, 0) is 42.5 Å². The molecule has 0 aliphatic carbocycles. The van der Waals surface area contributed by atoms with Gasteiger partial charge in [0.1, 0.15) is 5.75 Å². The van der Waals surface area contributed by atoms with E-state index in [1.54, 1.807) is 12.1 Å². The molecule has 1 aromatic heterocycles. The van der Waals surface area contributed by atoms with E-state index in [1.165, 1.54) is 0 Å². The van der Waals surface area contributed by atoms with Crippen LogP contribution in [0.4, 0.5) is 11.4 Å². The Morgan fingerprint density at radius 2 is 1.46 bits per heavy atom. The first-order valence-electron chi connectivity index (χ1n) is 7.67. The van der Waals surface area contributed by atoms with E-state index in [2.05, 4.69) is 15.2 Å². The summed E-state index contributed by atoms with van der Waals surface area (Å²) in [5.74, 6) is 0.209. The van der Waals surface area contributed by atoms with Crippen LogP contribution in [0.1, 0.15) is 0 Å². The number of benzene rings is 3. The third-order valence-corrected chi connectivity index (χ3v) is 3.84. The highest BCUT2D eigenvalue weighted by atomic mass is 16.3. The molecule has 2 N–H and O–H groups in total. The molecule has 4 rings (SSSR count). The van der Waals surface area contributed by atoms with Crippen molar-refractivity contribution >= 4 is 22.3 Å². The zero-order valence-corrected chi connectivity index (χ0v) is 12.8. The van der Waals surface area contributed by atoms with E-state index in [9.17, 15) is 5.11 Å². The number of aromatic hydroxyl groups is 1. The molecule has 0 spiro atoms. The predicted molar refractivity (Wildman–Crippen MR) is 96.0 cm³/mol. The molecule has 3 aromatic carbocycles. The first-order chi connectivity index (χ1) is 11.8. The number of nitrogens with one attached hydrogen (secondary N) is 1. The summed E-state index contributed by atoms with van der Waals surface area (Å²) in [4.78, 5) is 3.32. The Hall–Kier alpha value is -3.40. The minimum Gasteiger partial charge on any atom is -0.507 e. The van der Waals surface area contributed by atoms with Crippen LogP contribution in [0.3, 0.4) is 0 Å². The van der Waals surface area contributed by atoms with Crippen LogP contribution < -0.4 is 0 Å². The maximum Gasteiger partial charge on any atom is 0.125 e. The van der Waals surface area contributed by atoms with Gasteiger partial charge in [0.2, 0.25) is 0 Å². The molecule has 24 heavy (non-hydrogen) atoms. The average molecular weight is 313 g/mol. The fraction of sp³-hybridized carbons (Fsp3) is 0. The predicted octanol–water partition coefficient (Wildman–Crippen LogP) is 5.96. The van der Waals surface area contributed by atoms with Crippen LogP contribution in [0.2, 0.25) is 0 Å². The topological polar surface area (TPSA) is 60.7 Å². The number of aromatic nitrogens is 1. The second-order valence-electron chi connectivity index (χ2n) is 5.51. The van der Waals surface area contributed by atoms with Crippen molar-refractivity contribution in [2.75, 3.05) is 0 Å². The first-order valence-corrected chi connectivity index (χ1v) is 7.67. The Balaban J connectivity index is 1.72. The number of hydrogen-bond acceptors (Lipinski definition) is 3. The van der Waals surface area contributed by atoms with Gasteiger partial charge in [-0.3, -0.25) is 0 Å². The number of aromatic amines is 1. The molecule has 0 atom stereocenters. The molecule has 0 bridgehead atoms. The minimum atomic E-state index is 0.209. The SMILES string of the molecule is Oc1ccc(N=Nc2ccccc2)cc1-c1cc2ccccc2[nH]1. The number of azo groups is 1. The maximum absolute atomic E-state index is 10.2. The minimum absolute atomic E-state index is 0.209. The molecule has 0 saturated carbocycles. The molecular weight excluding hydrogens is 298 g/mol. The van der Waals surface area contributed by atoms with Crippen LogP contribution in [-0.4, -0.2) is 10.1 Å². The first kappa shape index (κ1) is 14.2. The molecule has 1 heterocycles. The van der Waals surface area contributed by atoms with E-state index in [-0.39, 0.29) is 5.75 Å². The zero-order valence-electron chi connectivity index (χ0n) is 12.8. The van der Waals surface area contributed by atoms with Gasteiger partial charge >= 0.3 is 0 Å². The number of rotatable bonds is 3. The summed E-state index contributed by atoms with van der Waals surface area (Å²) < 4.78 is 0. The third-order valence-electron chi connectivity index (χ3n) is 3.84. The van der Waals surface area contributed by atoms with Crippen molar-refractivity contribution in [2.45, 2.75) is 0 Å². The Kier molecular flexibility index (Phi) is 3.56. The molecule has 0 saturated heterocycles. The molecule has 4 heteroatoms. The summed E-state index contributed by atoms with van der Waals surface area (Å²) in [6, 6.07) is 24.8. The molecule has 0 aliphatic rings. The van der Waals surface area contributed by atoms with Crippen LogP contribution in [0, 0.1) is 0 Å². The quantitative estimate of drug-likeness (QED) is 0.451. The lowest BCUT2D eigenvalue weighted by Crippen LogP contribution is -1.78. The fourth-order valence-corrected chi connectivity index (χ4v) is 2.63. The Morgan fingerprint density at radius 1 is 0.708 bits per heavy atom. The van der Waals surface area contributed by atoms with Gasteiger partial charge in [0.05, 0.1) is 17.1 Å². The third kappa shape index (κ3) is 2.77. The summed E-state index contributed by atoms with van der Waals surface area (Å²) in [6.07, 6.45) is 0. The molecular formula is C20H15N3O. The number of fused-ring (bicyclic) bond motifs is 1. The van der Waals surface area contributed by atoms with E-state index in [0.717, 1.165) is 22.3 Å². The second kappa shape index (κ2) is 6.01. The molecule has 116 valence electrons. The van der Waals surface area contributed by atoms with Crippen LogP contribution in [0.15, 0.2) is 89.1 Å². The largest absolute Gasteiger partial charge is 0.507 e. The van der Waals surface area contributed by atoms with Crippen molar-refractivity contribution in [2.24, 2.45) is 10.2 Å². The number of H-pyrrole nitrogens is 1. The number of hydrogen-bond donors (Lipinski definition) is 2. The van der Waals surface area contributed by atoms with E-state index in [4.69, 9.17) is 0 Å². The Labute approximate surface area is 139 Å². The molecule has 0 radical (unpaired) electrons. The smallest absolute Gasteiger partial charge is 0.125 e. The summed E-state index contributed by atoms with van der Waals surface area (Å²) in [5.41, 5.74) is 4.06. The lowest BCUT2D eigenvalue weighted by atomic mass is 10.1. The van der Waals surface area contributed by atoms with Crippen molar-refractivity contribution in [1.82, 2.24) is 4.98 Å². The van der Waals surface area contributed by atoms with Gasteiger partial charge in [-0.1, -0.05) is 36.4 Å². The van der Waals surface area contributed by atoms with Gasteiger partial charge in [0.15, 0.2) is 0 Å². The van der Waals surface area contributed by atoms with Crippen LogP contribution >= 0.6 is 0 Å². The summed E-state index contributed by atoms with van der Waals surface area (Å²) in [7, 11) is 0. The van der Waals surface area contributed by atoms with Gasteiger partial charge < -0.3 is 10.1 Å². The van der Waals surface area contributed by atoms with E-state index >= 15 is 0 Å². The highest BCUT2D eigenvalue weighted by Crippen LogP contribution is 2.34. The van der Waals surface area contributed by atoms with Crippen molar-refractivity contribution < 1.29 is 5.11 Å². The van der Waals surface area contributed by atoms with Gasteiger partial charge in [0.25, 0.3) is 0 Å². The van der Waals surface area contributed by atoms with Crippen LogP contribution in [0.5, 0.6) is 5.75 Å². The van der Waals surface area contributed by atoms with E-state index < -0.39 is 0 Å². The Bertz CT molecular complexity index is 986. The number of phenolic OH excluding ortho intramolecular Hbond substituents is 1. The van der Waals surface area contributed by atoms with Crippen LogP contribution in [0.25, 0.3) is 22.2 Å². The van der Waals surface area contributed by atoms with Gasteiger partial charge in [-0.15, -0.1) is 0 Å². The molecule has 4 nitrogen and oxygen atoms in total. The van der Waals surface area contributed by atoms with Crippen LogP contribution in [-0.2, 0) is 0 Å². The average Bonchev–Trinajstić information content (AvgIpc) is 3.06. The highest BCUT2D eigenvalue weighted by molar-refractivity contribution is 5.87. The monoisotopic (exact) mass is 313 g/mol. The number of phenols is 1. The van der Waals surface area contributed by atoms with Gasteiger partial charge in [0, 0.05) is 16.5 Å². The van der Waals surface area contributed by atoms with Crippen molar-refractivity contribution in [1.29, 1.82) is 0 Å². The summed E-state index contributed by atoms with van der Waals surface area (Å²) in [6.45, 7) is 0. The summed E-state index contributed by atoms with van der Waals surface area (Å²) >= 11 is 0. The highest BCUT2D eigenvalue weighted by Gasteiger charge is 2.09. The molecule has 0 fully saturated rings. The molecule has 0 aliphatic heterocycles. The van der Waals surface area contributed by atoms with E-state index in [1.807, 2.05) is 66.7 Å². The number of para-hydroxylation sites is 1. The van der Waals surface area contributed by atoms with E-state index in [0.29, 0.717) is 11.3 Å². The van der Waals surface area contributed by atoms with Crippen molar-refractivity contribution in [3.05, 3.63) is 78.9 Å².